The highest BCUT2D eigenvalue weighted by molar-refractivity contribution is 7.89. The number of thiophene rings is 1. The molecule has 0 aliphatic carbocycles. The van der Waals surface area contributed by atoms with Gasteiger partial charge in [-0.1, -0.05) is 12.1 Å². The lowest BCUT2D eigenvalue weighted by atomic mass is 10.1. The molecule has 9 heteroatoms. The molecule has 0 saturated heterocycles. The number of hydrogen-bond acceptors (Lipinski definition) is 6. The van der Waals surface area contributed by atoms with Gasteiger partial charge in [-0.3, -0.25) is 4.79 Å². The third kappa shape index (κ3) is 5.01. The summed E-state index contributed by atoms with van der Waals surface area (Å²) in [5.41, 5.74) is -0.193. The smallest absolute Gasteiger partial charge is 0.267 e. The monoisotopic (exact) mass is 421 g/mol. The number of thiazole rings is 1. The van der Waals surface area contributed by atoms with E-state index in [0.29, 0.717) is 10.6 Å². The van der Waals surface area contributed by atoms with Crippen molar-refractivity contribution in [1.29, 1.82) is 0 Å². The lowest BCUT2D eigenvalue weighted by molar-refractivity contribution is 0.103. The molecular formula is C18H19N3O3S3. The molecule has 6 nitrogen and oxygen atoms in total. The Morgan fingerprint density at radius 1 is 1.15 bits per heavy atom. The van der Waals surface area contributed by atoms with Gasteiger partial charge in [0.2, 0.25) is 10.0 Å². The van der Waals surface area contributed by atoms with E-state index in [1.807, 2.05) is 17.5 Å². The highest BCUT2D eigenvalue weighted by Crippen LogP contribution is 2.29. The van der Waals surface area contributed by atoms with E-state index in [9.17, 15) is 13.2 Å². The third-order valence-electron chi connectivity index (χ3n) is 3.30. The number of hydrogen-bond donors (Lipinski definition) is 2. The van der Waals surface area contributed by atoms with Crippen molar-refractivity contribution in [3.8, 4) is 9.88 Å². The second-order valence-electron chi connectivity index (χ2n) is 6.84. The van der Waals surface area contributed by atoms with Crippen LogP contribution in [-0.2, 0) is 10.0 Å². The average molecular weight is 422 g/mol. The highest BCUT2D eigenvalue weighted by atomic mass is 32.2. The summed E-state index contributed by atoms with van der Waals surface area (Å²) >= 11 is 2.85. The summed E-state index contributed by atoms with van der Waals surface area (Å²) in [5, 5.41) is 5.47. The Balaban J connectivity index is 1.77. The van der Waals surface area contributed by atoms with Gasteiger partial charge in [-0.25, -0.2) is 18.1 Å². The number of anilines is 1. The Morgan fingerprint density at radius 2 is 1.93 bits per heavy atom. The first-order chi connectivity index (χ1) is 12.6. The van der Waals surface area contributed by atoms with E-state index < -0.39 is 15.6 Å². The molecule has 0 saturated carbocycles. The van der Waals surface area contributed by atoms with Gasteiger partial charge < -0.3 is 5.32 Å². The minimum atomic E-state index is -3.68. The van der Waals surface area contributed by atoms with Crippen molar-refractivity contribution in [3.05, 3.63) is 52.9 Å². The van der Waals surface area contributed by atoms with Crippen LogP contribution in [0.2, 0.25) is 0 Å². The van der Waals surface area contributed by atoms with Crippen LogP contribution in [0.1, 0.15) is 30.4 Å². The zero-order valence-electron chi connectivity index (χ0n) is 15.0. The molecule has 0 aliphatic heterocycles. The van der Waals surface area contributed by atoms with Gasteiger partial charge in [0, 0.05) is 11.2 Å². The Kier molecular flexibility index (Phi) is 5.48. The number of carbonyl (C=O) groups excluding carboxylic acids is 1. The van der Waals surface area contributed by atoms with E-state index in [1.165, 1.54) is 29.7 Å². The lowest BCUT2D eigenvalue weighted by Gasteiger charge is -2.20. The Bertz CT molecular complexity index is 1050. The standard InChI is InChI=1S/C18H19N3O3S3/c1-18(2,3)21-27(23,24)13-7-4-6-12(10-13)20-16(22)15-11-19-17(26-15)14-8-5-9-25-14/h4-11,21H,1-3H3,(H,20,22). The molecule has 0 unspecified atom stereocenters. The molecule has 2 heterocycles. The molecule has 1 amide bonds. The quantitative estimate of drug-likeness (QED) is 0.646. The van der Waals surface area contributed by atoms with Gasteiger partial charge in [0.25, 0.3) is 5.91 Å². The molecule has 3 aromatic rings. The fourth-order valence-electron chi connectivity index (χ4n) is 2.29. The zero-order valence-corrected chi connectivity index (χ0v) is 17.5. The number of aromatic nitrogens is 1. The molecule has 0 atom stereocenters. The highest BCUT2D eigenvalue weighted by Gasteiger charge is 2.22. The van der Waals surface area contributed by atoms with Crippen LogP contribution in [-0.4, -0.2) is 24.8 Å². The largest absolute Gasteiger partial charge is 0.321 e. The van der Waals surface area contributed by atoms with Crippen molar-refractivity contribution in [2.75, 3.05) is 5.32 Å². The van der Waals surface area contributed by atoms with E-state index >= 15 is 0 Å². The van der Waals surface area contributed by atoms with Crippen LogP contribution in [0.15, 0.2) is 52.9 Å². The van der Waals surface area contributed by atoms with Crippen molar-refractivity contribution < 1.29 is 13.2 Å². The van der Waals surface area contributed by atoms with Gasteiger partial charge in [-0.15, -0.1) is 22.7 Å². The topological polar surface area (TPSA) is 88.2 Å². The van der Waals surface area contributed by atoms with Crippen molar-refractivity contribution in [3.63, 3.8) is 0 Å². The predicted octanol–water partition coefficient (Wildman–Crippen LogP) is 4.20. The normalized spacial score (nSPS) is 12.1. The molecule has 0 aliphatic rings. The number of nitrogens with zero attached hydrogens (tertiary/aromatic N) is 1. The number of nitrogens with one attached hydrogen (secondary N) is 2. The van der Waals surface area contributed by atoms with Crippen LogP contribution >= 0.6 is 22.7 Å². The molecule has 0 fully saturated rings. The van der Waals surface area contributed by atoms with E-state index in [0.717, 1.165) is 9.88 Å². The van der Waals surface area contributed by atoms with Crippen molar-refractivity contribution in [2.45, 2.75) is 31.2 Å². The third-order valence-corrected chi connectivity index (χ3v) is 7.10. The van der Waals surface area contributed by atoms with Gasteiger partial charge in [0.15, 0.2) is 0 Å². The van der Waals surface area contributed by atoms with Gasteiger partial charge >= 0.3 is 0 Å². The van der Waals surface area contributed by atoms with Gasteiger partial charge in [-0.05, 0) is 50.4 Å². The number of sulfonamides is 1. The summed E-state index contributed by atoms with van der Waals surface area (Å²) < 4.78 is 27.5. The first-order valence-corrected chi connectivity index (χ1v) is 11.3. The zero-order chi connectivity index (χ0) is 19.7. The van der Waals surface area contributed by atoms with Crippen LogP contribution in [0, 0.1) is 0 Å². The van der Waals surface area contributed by atoms with Gasteiger partial charge in [-0.2, -0.15) is 0 Å². The predicted molar refractivity (Wildman–Crippen MR) is 110 cm³/mol. The first-order valence-electron chi connectivity index (χ1n) is 8.09. The minimum absolute atomic E-state index is 0.0961. The molecule has 27 heavy (non-hydrogen) atoms. The summed E-state index contributed by atoms with van der Waals surface area (Å²) in [4.78, 5) is 18.3. The molecule has 3 rings (SSSR count). The summed E-state index contributed by atoms with van der Waals surface area (Å²) in [6.07, 6.45) is 1.52. The molecule has 142 valence electrons. The summed E-state index contributed by atoms with van der Waals surface area (Å²) in [6.45, 7) is 5.31. The van der Waals surface area contributed by atoms with E-state index in [4.69, 9.17) is 0 Å². The number of benzene rings is 1. The maximum absolute atomic E-state index is 12.5. The van der Waals surface area contributed by atoms with Gasteiger partial charge in [0.05, 0.1) is 16.0 Å². The second kappa shape index (κ2) is 7.51. The molecular weight excluding hydrogens is 402 g/mol. The molecule has 0 radical (unpaired) electrons. The van der Waals surface area contributed by atoms with Crippen molar-refractivity contribution in [2.24, 2.45) is 0 Å². The van der Waals surface area contributed by atoms with Crippen LogP contribution in [0.3, 0.4) is 0 Å². The fourth-order valence-corrected chi connectivity index (χ4v) is 5.37. The minimum Gasteiger partial charge on any atom is -0.321 e. The van der Waals surface area contributed by atoms with E-state index in [-0.39, 0.29) is 10.8 Å². The molecule has 2 aromatic heterocycles. The lowest BCUT2D eigenvalue weighted by Crippen LogP contribution is -2.40. The maximum Gasteiger partial charge on any atom is 0.267 e. The summed E-state index contributed by atoms with van der Waals surface area (Å²) in [7, 11) is -3.68. The van der Waals surface area contributed by atoms with Crippen LogP contribution in [0.25, 0.3) is 9.88 Å². The maximum atomic E-state index is 12.5. The Hall–Kier alpha value is -2.07. The number of rotatable bonds is 5. The van der Waals surface area contributed by atoms with Crippen LogP contribution < -0.4 is 10.0 Å². The summed E-state index contributed by atoms with van der Waals surface area (Å²) in [6, 6.07) is 10.0. The van der Waals surface area contributed by atoms with E-state index in [1.54, 1.807) is 44.2 Å². The van der Waals surface area contributed by atoms with Crippen molar-refractivity contribution in [1.82, 2.24) is 9.71 Å². The summed E-state index contributed by atoms with van der Waals surface area (Å²) in [5.74, 6) is -0.325. The first kappa shape index (κ1) is 19.7. The molecule has 1 aromatic carbocycles. The number of carbonyl (C=O) groups is 1. The van der Waals surface area contributed by atoms with Crippen LogP contribution in [0.4, 0.5) is 5.69 Å². The van der Waals surface area contributed by atoms with Crippen LogP contribution in [0.5, 0.6) is 0 Å². The van der Waals surface area contributed by atoms with E-state index in [2.05, 4.69) is 15.0 Å². The Labute approximate surface area is 166 Å². The van der Waals surface area contributed by atoms with Gasteiger partial charge in [0.1, 0.15) is 9.88 Å². The molecule has 0 spiro atoms. The second-order valence-corrected chi connectivity index (χ2v) is 10.5. The fraction of sp³-hybridized carbons (Fsp3) is 0.222. The average Bonchev–Trinajstić information content (AvgIpc) is 3.24. The number of amides is 1. The SMILES string of the molecule is CC(C)(C)NS(=O)(=O)c1cccc(NC(=O)c2cnc(-c3cccs3)s2)c1. The molecule has 2 N–H and O–H groups in total. The van der Waals surface area contributed by atoms with Crippen molar-refractivity contribution >= 4 is 44.3 Å². The molecule has 0 bridgehead atoms. The Morgan fingerprint density at radius 3 is 2.59 bits per heavy atom.